The minimum atomic E-state index is 0. The third kappa shape index (κ3) is 15.4. The molecule has 1 unspecified atom stereocenters. The minimum absolute atomic E-state index is 0. The number of rotatable bonds is 15. The van der Waals surface area contributed by atoms with Gasteiger partial charge in [-0.1, -0.05) is 61.9 Å². The number of quaternary nitrogens is 1. The maximum absolute atomic E-state index is 3.56. The summed E-state index contributed by atoms with van der Waals surface area (Å²) in [4.78, 5) is 0. The van der Waals surface area contributed by atoms with E-state index in [0.29, 0.717) is 0 Å². The van der Waals surface area contributed by atoms with Crippen LogP contribution in [-0.4, -0.2) is 36.5 Å². The second kappa shape index (κ2) is 17.1. The fourth-order valence-corrected chi connectivity index (χ4v) is 3.34. The van der Waals surface area contributed by atoms with Crippen LogP contribution in [0.15, 0.2) is 0 Å². The average molecular weight is 385 g/mol. The summed E-state index contributed by atoms with van der Waals surface area (Å²) in [5, 5.41) is 1.17. The van der Waals surface area contributed by atoms with E-state index in [4.69, 9.17) is 0 Å². The molecule has 0 amide bonds. The summed E-state index contributed by atoms with van der Waals surface area (Å²) < 4.78 is 1.32. The Balaban J connectivity index is 0. The first kappa shape index (κ1) is 24.0. The number of unbranched alkanes of at least 4 members (excludes halogenated alkanes) is 8. The molecule has 21 heavy (non-hydrogen) atoms. The van der Waals surface area contributed by atoms with Crippen molar-refractivity contribution in [1.82, 2.24) is 0 Å². The molecule has 0 aromatic heterocycles. The normalized spacial score (nSPS) is 13.7. The molecule has 0 radical (unpaired) electrons. The van der Waals surface area contributed by atoms with Crippen molar-refractivity contribution in [2.75, 3.05) is 32.0 Å². The lowest BCUT2D eigenvalue weighted by atomic mass is 10.1. The zero-order chi connectivity index (χ0) is 15.1. The van der Waals surface area contributed by atoms with Crippen LogP contribution in [0.2, 0.25) is 0 Å². The number of nitrogens with zero attached hydrogens (tertiary/aromatic N) is 1. The molecule has 0 N–H and O–H groups in total. The van der Waals surface area contributed by atoms with Gasteiger partial charge in [-0.25, -0.2) is 0 Å². The maximum Gasteiger partial charge on any atom is 0.0784 e. The number of hydrogen-bond donors (Lipinski definition) is 0. The molecule has 0 heterocycles. The first-order valence-electron chi connectivity index (χ1n) is 9.08. The zero-order valence-electron chi connectivity index (χ0n) is 14.8. The van der Waals surface area contributed by atoms with Gasteiger partial charge in [-0.2, -0.15) is 0 Å². The van der Waals surface area contributed by atoms with Crippen LogP contribution >= 0.6 is 15.9 Å². The summed E-state index contributed by atoms with van der Waals surface area (Å²) >= 11 is 3.56. The van der Waals surface area contributed by atoms with E-state index in [1.54, 1.807) is 0 Å². The van der Waals surface area contributed by atoms with Crippen LogP contribution in [0.1, 0.15) is 84.5 Å². The minimum Gasteiger partial charge on any atom is -1.00 e. The molecular weight excluding hydrogens is 346 g/mol. The van der Waals surface area contributed by atoms with Crippen LogP contribution in [0, 0.1) is 0 Å². The fraction of sp³-hybridized carbons (Fsp3) is 1.00. The Morgan fingerprint density at radius 3 is 1.52 bits per heavy atom. The Bertz CT molecular complexity index is 190. The summed E-state index contributed by atoms with van der Waals surface area (Å²) in [5.74, 6) is 0. The van der Waals surface area contributed by atoms with Gasteiger partial charge in [-0.15, -0.1) is 0 Å². The van der Waals surface area contributed by atoms with Crippen LogP contribution in [0.5, 0.6) is 0 Å². The van der Waals surface area contributed by atoms with Crippen LogP contribution in [-0.2, 0) is 0 Å². The van der Waals surface area contributed by atoms with Gasteiger partial charge in [0.05, 0.1) is 26.7 Å². The van der Waals surface area contributed by atoms with Gasteiger partial charge in [0.2, 0.25) is 0 Å². The highest BCUT2D eigenvalue weighted by molar-refractivity contribution is 9.09. The van der Waals surface area contributed by atoms with E-state index >= 15 is 0 Å². The van der Waals surface area contributed by atoms with Crippen molar-refractivity contribution in [2.24, 2.45) is 0 Å². The second-order valence-corrected chi connectivity index (χ2v) is 7.45. The van der Waals surface area contributed by atoms with E-state index in [0.717, 1.165) is 0 Å². The van der Waals surface area contributed by atoms with Gasteiger partial charge in [0.15, 0.2) is 0 Å². The average Bonchev–Trinajstić information content (AvgIpc) is 2.43. The monoisotopic (exact) mass is 383 g/mol. The number of hydrogen-bond acceptors (Lipinski definition) is 0. The van der Waals surface area contributed by atoms with E-state index in [1.165, 1.54) is 100 Å². The molecule has 1 atom stereocenters. The van der Waals surface area contributed by atoms with E-state index in [1.807, 2.05) is 0 Å². The Labute approximate surface area is 149 Å². The molecule has 0 aliphatic rings. The molecule has 0 spiro atoms. The fourth-order valence-electron chi connectivity index (χ4n) is 2.94. The molecular formula is C18H39BrClN. The Morgan fingerprint density at radius 2 is 1.00 bits per heavy atom. The lowest BCUT2D eigenvalue weighted by Crippen LogP contribution is -3.00. The predicted molar refractivity (Wildman–Crippen MR) is 96.7 cm³/mol. The van der Waals surface area contributed by atoms with E-state index in [2.05, 4.69) is 36.8 Å². The largest absolute Gasteiger partial charge is 1.00 e. The first-order valence-corrected chi connectivity index (χ1v) is 10.2. The van der Waals surface area contributed by atoms with Crippen molar-refractivity contribution >= 4 is 15.9 Å². The van der Waals surface area contributed by atoms with Crippen LogP contribution in [0.3, 0.4) is 0 Å². The quantitative estimate of drug-likeness (QED) is 0.231. The van der Waals surface area contributed by atoms with Gasteiger partial charge in [-0.3, -0.25) is 0 Å². The van der Waals surface area contributed by atoms with E-state index in [-0.39, 0.29) is 12.4 Å². The first-order chi connectivity index (χ1) is 9.68. The molecule has 0 aromatic rings. The van der Waals surface area contributed by atoms with Crippen molar-refractivity contribution in [2.45, 2.75) is 84.5 Å². The van der Waals surface area contributed by atoms with Crippen molar-refractivity contribution in [3.63, 3.8) is 0 Å². The standard InChI is InChI=1S/C18H39BrN.ClH/c1-4-6-8-9-10-13-17-20(3,16-12-7-5-2)18-14-11-15-19;/h4-18H2,1-3H3;1H/q+1;/p-1. The van der Waals surface area contributed by atoms with Crippen LogP contribution in [0.4, 0.5) is 0 Å². The van der Waals surface area contributed by atoms with Gasteiger partial charge in [0, 0.05) is 5.33 Å². The van der Waals surface area contributed by atoms with Crippen molar-refractivity contribution < 1.29 is 16.9 Å². The number of halogens is 2. The topological polar surface area (TPSA) is 0 Å². The third-order valence-corrected chi connectivity index (χ3v) is 5.00. The van der Waals surface area contributed by atoms with Gasteiger partial charge in [0.1, 0.15) is 0 Å². The second-order valence-electron chi connectivity index (χ2n) is 6.66. The predicted octanol–water partition coefficient (Wildman–Crippen LogP) is 3.16. The molecule has 0 aliphatic heterocycles. The molecule has 3 heteroatoms. The van der Waals surface area contributed by atoms with Gasteiger partial charge in [-0.05, 0) is 38.5 Å². The molecule has 0 saturated carbocycles. The molecule has 0 aromatic carbocycles. The van der Waals surface area contributed by atoms with Crippen molar-refractivity contribution in [1.29, 1.82) is 0 Å². The van der Waals surface area contributed by atoms with Crippen molar-refractivity contribution in [3.8, 4) is 0 Å². The van der Waals surface area contributed by atoms with Crippen LogP contribution < -0.4 is 12.4 Å². The van der Waals surface area contributed by atoms with Gasteiger partial charge < -0.3 is 16.9 Å². The lowest BCUT2D eigenvalue weighted by Gasteiger charge is -2.35. The Morgan fingerprint density at radius 1 is 0.619 bits per heavy atom. The highest BCUT2D eigenvalue weighted by atomic mass is 79.9. The SMILES string of the molecule is CCCCCCCC[N+](C)(CCCCC)CCCCBr.[Cl-]. The molecule has 0 aliphatic carbocycles. The summed E-state index contributed by atoms with van der Waals surface area (Å²) in [6, 6.07) is 0. The summed E-state index contributed by atoms with van der Waals surface area (Å²) in [6.45, 7) is 8.78. The highest BCUT2D eigenvalue weighted by Crippen LogP contribution is 2.14. The summed E-state index contributed by atoms with van der Waals surface area (Å²) in [7, 11) is 2.50. The summed E-state index contributed by atoms with van der Waals surface area (Å²) in [5.41, 5.74) is 0. The Hall–Kier alpha value is 0.730. The smallest absolute Gasteiger partial charge is 0.0784 e. The molecule has 0 rings (SSSR count). The lowest BCUT2D eigenvalue weighted by molar-refractivity contribution is -0.910. The molecule has 0 saturated heterocycles. The van der Waals surface area contributed by atoms with Gasteiger partial charge >= 0.3 is 0 Å². The molecule has 0 bridgehead atoms. The highest BCUT2D eigenvalue weighted by Gasteiger charge is 2.19. The molecule has 130 valence electrons. The zero-order valence-corrected chi connectivity index (χ0v) is 17.2. The summed E-state index contributed by atoms with van der Waals surface area (Å²) in [6.07, 6.45) is 15.4. The molecule has 1 nitrogen and oxygen atoms in total. The van der Waals surface area contributed by atoms with Crippen LogP contribution in [0.25, 0.3) is 0 Å². The third-order valence-electron chi connectivity index (χ3n) is 4.43. The molecule has 0 fully saturated rings. The maximum atomic E-state index is 3.56. The van der Waals surface area contributed by atoms with E-state index < -0.39 is 0 Å². The Kier molecular flexibility index (Phi) is 19.5. The van der Waals surface area contributed by atoms with E-state index in [9.17, 15) is 0 Å². The van der Waals surface area contributed by atoms with Crippen molar-refractivity contribution in [3.05, 3.63) is 0 Å². The van der Waals surface area contributed by atoms with Gasteiger partial charge in [0.25, 0.3) is 0 Å². The number of alkyl halides is 1.